The average molecular weight is 316 g/mol. The molecule has 1 aromatic heterocycles. The van der Waals surface area contributed by atoms with Crippen molar-refractivity contribution in [1.82, 2.24) is 4.98 Å². The molecule has 0 aliphatic heterocycles. The molecular formula is C12H18BrN3S. The van der Waals surface area contributed by atoms with Crippen molar-refractivity contribution in [2.75, 3.05) is 16.8 Å². The predicted octanol–water partition coefficient (Wildman–Crippen LogP) is 3.51. The van der Waals surface area contributed by atoms with Gasteiger partial charge < -0.3 is 11.1 Å². The Bertz CT molecular complexity index is 366. The molecule has 2 atom stereocenters. The van der Waals surface area contributed by atoms with Crippen LogP contribution in [0.2, 0.25) is 0 Å². The smallest absolute Gasteiger partial charge is 0.0752 e. The van der Waals surface area contributed by atoms with Crippen LogP contribution in [0.3, 0.4) is 0 Å². The van der Waals surface area contributed by atoms with Gasteiger partial charge in [0.05, 0.1) is 22.0 Å². The summed E-state index contributed by atoms with van der Waals surface area (Å²) in [6.07, 6.45) is 7.32. The van der Waals surface area contributed by atoms with Crippen LogP contribution in [0.4, 0.5) is 11.4 Å². The molecule has 1 saturated carbocycles. The maximum absolute atomic E-state index is 5.96. The van der Waals surface area contributed by atoms with Crippen LogP contribution in [0.1, 0.15) is 26.2 Å². The number of halogens is 1. The maximum Gasteiger partial charge on any atom is 0.0752 e. The van der Waals surface area contributed by atoms with E-state index in [9.17, 15) is 0 Å². The minimum absolute atomic E-state index is 0.529. The molecule has 0 radical (unpaired) electrons. The molecule has 0 saturated heterocycles. The number of pyridine rings is 1. The largest absolute Gasteiger partial charge is 0.396 e. The molecule has 17 heavy (non-hydrogen) atoms. The summed E-state index contributed by atoms with van der Waals surface area (Å²) in [5.74, 6) is 1.18. The molecule has 1 aliphatic carbocycles. The van der Waals surface area contributed by atoms with Crippen LogP contribution in [-0.4, -0.2) is 22.0 Å². The van der Waals surface area contributed by atoms with E-state index >= 15 is 0 Å². The summed E-state index contributed by atoms with van der Waals surface area (Å²) in [5, 5.41) is 4.29. The molecule has 1 aliphatic rings. The van der Waals surface area contributed by atoms with Gasteiger partial charge in [0, 0.05) is 17.5 Å². The Morgan fingerprint density at radius 1 is 1.53 bits per heavy atom. The second kappa shape index (κ2) is 5.96. The zero-order chi connectivity index (χ0) is 12.3. The first-order valence-corrected chi connectivity index (χ1v) is 7.83. The van der Waals surface area contributed by atoms with Crippen LogP contribution in [0.5, 0.6) is 0 Å². The van der Waals surface area contributed by atoms with Crippen LogP contribution in [0.25, 0.3) is 0 Å². The second-order valence-electron chi connectivity index (χ2n) is 4.26. The Morgan fingerprint density at radius 3 is 3.06 bits per heavy atom. The van der Waals surface area contributed by atoms with Gasteiger partial charge in [-0.05, 0) is 34.5 Å². The third kappa shape index (κ3) is 3.07. The molecular weight excluding hydrogens is 298 g/mol. The number of nitrogens with one attached hydrogen (secondary N) is 1. The molecule has 0 aromatic carbocycles. The molecule has 94 valence electrons. The van der Waals surface area contributed by atoms with E-state index in [0.29, 0.717) is 17.0 Å². The number of nitrogens with zero attached hydrogens (tertiary/aromatic N) is 1. The van der Waals surface area contributed by atoms with Crippen molar-refractivity contribution >= 4 is 39.1 Å². The van der Waals surface area contributed by atoms with E-state index in [1.807, 2.05) is 11.8 Å². The van der Waals surface area contributed by atoms with Gasteiger partial charge in [-0.2, -0.15) is 11.8 Å². The Labute approximate surface area is 115 Å². The third-order valence-corrected chi connectivity index (χ3v) is 5.02. The average Bonchev–Trinajstić information content (AvgIpc) is 2.72. The Balaban J connectivity index is 2.09. The Hall–Kier alpha value is -0.420. The van der Waals surface area contributed by atoms with Crippen LogP contribution in [0, 0.1) is 0 Å². The first-order chi connectivity index (χ1) is 8.22. The molecule has 2 rings (SSSR count). The van der Waals surface area contributed by atoms with Crippen molar-refractivity contribution < 1.29 is 0 Å². The van der Waals surface area contributed by atoms with Crippen molar-refractivity contribution in [2.24, 2.45) is 0 Å². The molecule has 3 N–H and O–H groups in total. The predicted molar refractivity (Wildman–Crippen MR) is 79.5 cm³/mol. The van der Waals surface area contributed by atoms with E-state index < -0.39 is 0 Å². The SMILES string of the molecule is CCSC1CCCC1Nc1c(N)cncc1Br. The lowest BCUT2D eigenvalue weighted by Gasteiger charge is -2.22. The summed E-state index contributed by atoms with van der Waals surface area (Å²) >= 11 is 5.55. The molecule has 1 aromatic rings. The highest BCUT2D eigenvalue weighted by Crippen LogP contribution is 2.35. The van der Waals surface area contributed by atoms with Crippen molar-refractivity contribution in [3.63, 3.8) is 0 Å². The van der Waals surface area contributed by atoms with Crippen molar-refractivity contribution in [2.45, 2.75) is 37.5 Å². The molecule has 0 spiro atoms. The summed E-state index contributed by atoms with van der Waals surface area (Å²) in [6.45, 7) is 2.22. The van der Waals surface area contributed by atoms with E-state index in [1.54, 1.807) is 12.4 Å². The van der Waals surface area contributed by atoms with Crippen LogP contribution in [-0.2, 0) is 0 Å². The van der Waals surface area contributed by atoms with Gasteiger partial charge in [-0.15, -0.1) is 0 Å². The summed E-state index contributed by atoms with van der Waals surface area (Å²) in [7, 11) is 0. The maximum atomic E-state index is 5.96. The van der Waals surface area contributed by atoms with Gasteiger partial charge in [-0.25, -0.2) is 0 Å². The fraction of sp³-hybridized carbons (Fsp3) is 0.583. The number of nitrogens with two attached hydrogens (primary N) is 1. The molecule has 2 unspecified atom stereocenters. The number of thioether (sulfide) groups is 1. The zero-order valence-electron chi connectivity index (χ0n) is 9.95. The minimum atomic E-state index is 0.529. The standard InChI is InChI=1S/C12H18BrN3S/c1-2-17-11-5-3-4-10(11)16-12-8(13)6-15-7-9(12)14/h6-7,10-11H,2-5,14H2,1H3,(H,15,16). The van der Waals surface area contributed by atoms with E-state index in [1.165, 1.54) is 25.0 Å². The molecule has 5 heteroatoms. The molecule has 1 heterocycles. The summed E-state index contributed by atoms with van der Waals surface area (Å²) < 4.78 is 0.949. The van der Waals surface area contributed by atoms with Gasteiger partial charge in [-0.1, -0.05) is 13.3 Å². The number of anilines is 2. The van der Waals surface area contributed by atoms with E-state index in [2.05, 4.69) is 33.2 Å². The molecule has 0 bridgehead atoms. The van der Waals surface area contributed by atoms with Crippen molar-refractivity contribution in [3.05, 3.63) is 16.9 Å². The number of hydrogen-bond donors (Lipinski definition) is 2. The molecule has 3 nitrogen and oxygen atoms in total. The number of nitrogen functional groups attached to an aromatic ring is 1. The second-order valence-corrected chi connectivity index (χ2v) is 6.63. The highest BCUT2D eigenvalue weighted by molar-refractivity contribution is 9.10. The monoisotopic (exact) mass is 315 g/mol. The first-order valence-electron chi connectivity index (χ1n) is 5.99. The van der Waals surface area contributed by atoms with E-state index in [4.69, 9.17) is 5.73 Å². The quantitative estimate of drug-likeness (QED) is 0.892. The van der Waals surface area contributed by atoms with Gasteiger partial charge in [-0.3, -0.25) is 4.98 Å². The lowest BCUT2D eigenvalue weighted by Crippen LogP contribution is -2.26. The van der Waals surface area contributed by atoms with Crippen LogP contribution < -0.4 is 11.1 Å². The fourth-order valence-corrected chi connectivity index (χ4v) is 3.95. The third-order valence-electron chi connectivity index (χ3n) is 3.09. The van der Waals surface area contributed by atoms with Gasteiger partial charge in [0.25, 0.3) is 0 Å². The van der Waals surface area contributed by atoms with Gasteiger partial charge in [0.2, 0.25) is 0 Å². The van der Waals surface area contributed by atoms with Crippen molar-refractivity contribution in [1.29, 1.82) is 0 Å². The first kappa shape index (κ1) is 13.0. The summed E-state index contributed by atoms with van der Waals surface area (Å²) in [5.41, 5.74) is 7.67. The van der Waals surface area contributed by atoms with E-state index in [-0.39, 0.29) is 0 Å². The molecule has 0 amide bonds. The van der Waals surface area contributed by atoms with Crippen molar-refractivity contribution in [3.8, 4) is 0 Å². The lowest BCUT2D eigenvalue weighted by molar-refractivity contribution is 0.767. The highest BCUT2D eigenvalue weighted by Gasteiger charge is 2.27. The zero-order valence-corrected chi connectivity index (χ0v) is 12.4. The Kier molecular flexibility index (Phi) is 4.56. The van der Waals surface area contributed by atoms with E-state index in [0.717, 1.165) is 10.2 Å². The number of rotatable bonds is 4. The van der Waals surface area contributed by atoms with Gasteiger partial charge in [0.15, 0.2) is 0 Å². The number of hydrogen-bond acceptors (Lipinski definition) is 4. The summed E-state index contributed by atoms with van der Waals surface area (Å²) in [4.78, 5) is 4.06. The minimum Gasteiger partial charge on any atom is -0.396 e. The summed E-state index contributed by atoms with van der Waals surface area (Å²) in [6, 6.07) is 0.529. The van der Waals surface area contributed by atoms with Gasteiger partial charge in [0.1, 0.15) is 0 Å². The highest BCUT2D eigenvalue weighted by atomic mass is 79.9. The molecule has 1 fully saturated rings. The topological polar surface area (TPSA) is 50.9 Å². The normalized spacial score (nSPS) is 23.9. The van der Waals surface area contributed by atoms with Crippen LogP contribution in [0.15, 0.2) is 16.9 Å². The number of aromatic nitrogens is 1. The fourth-order valence-electron chi connectivity index (χ4n) is 2.29. The lowest BCUT2D eigenvalue weighted by atomic mass is 10.2. The Morgan fingerprint density at radius 2 is 2.35 bits per heavy atom. The van der Waals surface area contributed by atoms with Gasteiger partial charge >= 0.3 is 0 Å². The van der Waals surface area contributed by atoms with Crippen LogP contribution >= 0.6 is 27.7 Å².